The molecular weight excluding hydrogens is 329 g/mol. The summed E-state index contributed by atoms with van der Waals surface area (Å²) in [6.07, 6.45) is 5.67. The van der Waals surface area contributed by atoms with Gasteiger partial charge in [0.2, 0.25) is 0 Å². The second-order valence-corrected chi connectivity index (χ2v) is 7.05. The largest absolute Gasteiger partial charge is 0.360 e. The van der Waals surface area contributed by atoms with Crippen LogP contribution in [0.2, 0.25) is 0 Å². The number of benzene rings is 2. The van der Waals surface area contributed by atoms with Crippen molar-refractivity contribution in [2.45, 2.75) is 37.8 Å². The van der Waals surface area contributed by atoms with Gasteiger partial charge in [0, 0.05) is 40.3 Å². The number of hydrogen-bond acceptors (Lipinski definition) is 2. The lowest BCUT2D eigenvalue weighted by atomic mass is 9.91. The number of nitrogens with one attached hydrogen (secondary N) is 2. The summed E-state index contributed by atoms with van der Waals surface area (Å²) in [6, 6.07) is 12.7. The van der Waals surface area contributed by atoms with E-state index in [0.29, 0.717) is 5.56 Å². The fourth-order valence-electron chi connectivity index (χ4n) is 3.67. The van der Waals surface area contributed by atoms with Gasteiger partial charge in [0.25, 0.3) is 5.91 Å². The van der Waals surface area contributed by atoms with Gasteiger partial charge in [-0.05, 0) is 61.6 Å². The van der Waals surface area contributed by atoms with Crippen molar-refractivity contribution >= 4 is 16.8 Å². The third-order valence-corrected chi connectivity index (χ3v) is 5.21. The summed E-state index contributed by atoms with van der Waals surface area (Å²) in [6.45, 7) is 0. The number of nitrogens with two attached hydrogens (primary N) is 1. The molecule has 0 bridgehead atoms. The summed E-state index contributed by atoms with van der Waals surface area (Å²) in [5.74, 6) is -0.306. The number of halogens is 1. The van der Waals surface area contributed by atoms with E-state index >= 15 is 0 Å². The molecule has 2 aromatic carbocycles. The van der Waals surface area contributed by atoms with E-state index in [9.17, 15) is 9.18 Å². The number of carbonyl (C=O) groups excluding carboxylic acids is 1. The number of hydrogen-bond donors (Lipinski definition) is 3. The average molecular weight is 351 g/mol. The average Bonchev–Trinajstić information content (AvgIpc) is 3.06. The molecule has 4 nitrogen and oxygen atoms in total. The molecule has 0 radical (unpaired) electrons. The van der Waals surface area contributed by atoms with Crippen LogP contribution in [0.1, 0.15) is 36.0 Å². The first-order chi connectivity index (χ1) is 12.6. The second-order valence-electron chi connectivity index (χ2n) is 7.05. The summed E-state index contributed by atoms with van der Waals surface area (Å²) in [7, 11) is 0. The SMILES string of the molecule is NC1CCC(NC(=O)c2ccc(-c3c[nH]c4cc(F)ccc34)cc2)CC1. The molecule has 0 spiro atoms. The molecule has 5 heteroatoms. The molecule has 1 aliphatic rings. The standard InChI is InChI=1S/C21H22FN3O/c22-15-5-10-18-19(12-24-20(18)11-15)13-1-3-14(4-2-13)21(26)25-17-8-6-16(23)7-9-17/h1-5,10-12,16-17,24H,6-9,23H2,(H,25,26). The third-order valence-electron chi connectivity index (χ3n) is 5.21. The number of aromatic amines is 1. The molecule has 0 unspecified atom stereocenters. The number of fused-ring (bicyclic) bond motifs is 1. The lowest BCUT2D eigenvalue weighted by molar-refractivity contribution is 0.0926. The molecule has 1 aliphatic carbocycles. The van der Waals surface area contributed by atoms with Crippen LogP contribution in [0.4, 0.5) is 4.39 Å². The van der Waals surface area contributed by atoms with Crippen LogP contribution in [-0.2, 0) is 0 Å². The monoisotopic (exact) mass is 351 g/mol. The number of H-pyrrole nitrogens is 1. The Morgan fingerprint density at radius 3 is 2.54 bits per heavy atom. The zero-order valence-electron chi connectivity index (χ0n) is 14.5. The van der Waals surface area contributed by atoms with Crippen molar-refractivity contribution in [3.63, 3.8) is 0 Å². The van der Waals surface area contributed by atoms with E-state index in [4.69, 9.17) is 5.73 Å². The lowest BCUT2D eigenvalue weighted by Gasteiger charge is -2.26. The predicted octanol–water partition coefficient (Wildman–Crippen LogP) is 3.97. The Hall–Kier alpha value is -2.66. The first kappa shape index (κ1) is 16.8. The Bertz CT molecular complexity index is 924. The van der Waals surface area contributed by atoms with Crippen LogP contribution in [0.25, 0.3) is 22.0 Å². The summed E-state index contributed by atoms with van der Waals surface area (Å²) in [5, 5.41) is 4.06. The number of carbonyl (C=O) groups is 1. The Morgan fingerprint density at radius 2 is 1.81 bits per heavy atom. The van der Waals surface area contributed by atoms with Crippen molar-refractivity contribution in [3.05, 3.63) is 60.0 Å². The molecule has 0 atom stereocenters. The maximum atomic E-state index is 13.3. The molecule has 0 aliphatic heterocycles. The first-order valence-corrected chi connectivity index (χ1v) is 9.03. The molecule has 134 valence electrons. The molecule has 1 saturated carbocycles. The highest BCUT2D eigenvalue weighted by molar-refractivity contribution is 5.97. The Kier molecular flexibility index (Phi) is 4.47. The highest BCUT2D eigenvalue weighted by Crippen LogP contribution is 2.29. The van der Waals surface area contributed by atoms with E-state index in [1.54, 1.807) is 6.07 Å². The number of rotatable bonds is 3. The molecular formula is C21H22FN3O. The predicted molar refractivity (Wildman–Crippen MR) is 101 cm³/mol. The molecule has 1 fully saturated rings. The van der Waals surface area contributed by atoms with Crippen LogP contribution in [-0.4, -0.2) is 23.0 Å². The Balaban J connectivity index is 1.50. The summed E-state index contributed by atoms with van der Waals surface area (Å²) >= 11 is 0. The van der Waals surface area contributed by atoms with E-state index in [1.165, 1.54) is 12.1 Å². The first-order valence-electron chi connectivity index (χ1n) is 9.03. The number of amides is 1. The van der Waals surface area contributed by atoms with Crippen molar-refractivity contribution in [2.75, 3.05) is 0 Å². The second kappa shape index (κ2) is 6.92. The van der Waals surface area contributed by atoms with Crippen LogP contribution in [0.15, 0.2) is 48.7 Å². The van der Waals surface area contributed by atoms with Crippen molar-refractivity contribution in [1.29, 1.82) is 0 Å². The molecule has 0 saturated heterocycles. The molecule has 3 aromatic rings. The van der Waals surface area contributed by atoms with Gasteiger partial charge in [-0.3, -0.25) is 4.79 Å². The van der Waals surface area contributed by atoms with Crippen LogP contribution in [0.3, 0.4) is 0 Å². The Labute approximate surface area is 151 Å². The van der Waals surface area contributed by atoms with E-state index in [-0.39, 0.29) is 23.8 Å². The zero-order valence-corrected chi connectivity index (χ0v) is 14.5. The van der Waals surface area contributed by atoms with Crippen LogP contribution in [0, 0.1) is 5.82 Å². The molecule has 4 rings (SSSR count). The van der Waals surface area contributed by atoms with Gasteiger partial charge in [-0.1, -0.05) is 12.1 Å². The van der Waals surface area contributed by atoms with Gasteiger partial charge in [0.05, 0.1) is 0 Å². The smallest absolute Gasteiger partial charge is 0.251 e. The minimum absolute atomic E-state index is 0.0435. The quantitative estimate of drug-likeness (QED) is 0.668. The molecule has 4 N–H and O–H groups in total. The fourth-order valence-corrected chi connectivity index (χ4v) is 3.67. The highest BCUT2D eigenvalue weighted by Gasteiger charge is 2.20. The molecule has 1 aromatic heterocycles. The topological polar surface area (TPSA) is 70.9 Å². The summed E-state index contributed by atoms with van der Waals surface area (Å²) < 4.78 is 13.3. The van der Waals surface area contributed by atoms with Crippen LogP contribution in [0.5, 0.6) is 0 Å². The van der Waals surface area contributed by atoms with Gasteiger partial charge in [0.15, 0.2) is 0 Å². The van der Waals surface area contributed by atoms with Gasteiger partial charge in [-0.15, -0.1) is 0 Å². The van der Waals surface area contributed by atoms with E-state index in [1.807, 2.05) is 30.5 Å². The molecule has 1 heterocycles. The van der Waals surface area contributed by atoms with Gasteiger partial charge in [-0.2, -0.15) is 0 Å². The molecule has 26 heavy (non-hydrogen) atoms. The lowest BCUT2D eigenvalue weighted by Crippen LogP contribution is -2.40. The van der Waals surface area contributed by atoms with Gasteiger partial charge < -0.3 is 16.0 Å². The Morgan fingerprint density at radius 1 is 1.08 bits per heavy atom. The van der Waals surface area contributed by atoms with Gasteiger partial charge >= 0.3 is 0 Å². The third kappa shape index (κ3) is 3.35. The van der Waals surface area contributed by atoms with E-state index < -0.39 is 0 Å². The van der Waals surface area contributed by atoms with Crippen molar-refractivity contribution in [2.24, 2.45) is 5.73 Å². The van der Waals surface area contributed by atoms with Crippen molar-refractivity contribution in [1.82, 2.24) is 10.3 Å². The summed E-state index contributed by atoms with van der Waals surface area (Å²) in [5.41, 5.74) is 9.31. The van der Waals surface area contributed by atoms with Crippen molar-refractivity contribution < 1.29 is 9.18 Å². The minimum Gasteiger partial charge on any atom is -0.360 e. The van der Waals surface area contributed by atoms with E-state index in [2.05, 4.69) is 10.3 Å². The maximum Gasteiger partial charge on any atom is 0.251 e. The van der Waals surface area contributed by atoms with Crippen LogP contribution < -0.4 is 11.1 Å². The van der Waals surface area contributed by atoms with Gasteiger partial charge in [0.1, 0.15) is 5.82 Å². The summed E-state index contributed by atoms with van der Waals surface area (Å²) in [4.78, 5) is 15.5. The van der Waals surface area contributed by atoms with Crippen molar-refractivity contribution in [3.8, 4) is 11.1 Å². The maximum absolute atomic E-state index is 13.3. The molecule has 1 amide bonds. The minimum atomic E-state index is -0.262. The zero-order chi connectivity index (χ0) is 18.1. The fraction of sp³-hybridized carbons (Fsp3) is 0.286. The number of aromatic nitrogens is 1. The normalized spacial score (nSPS) is 20.2. The van der Waals surface area contributed by atoms with Crippen LogP contribution >= 0.6 is 0 Å². The highest BCUT2D eigenvalue weighted by atomic mass is 19.1. The van der Waals surface area contributed by atoms with Gasteiger partial charge in [-0.25, -0.2) is 4.39 Å². The van der Waals surface area contributed by atoms with E-state index in [0.717, 1.165) is 47.7 Å².